The van der Waals surface area contributed by atoms with Crippen LogP contribution in [0.5, 0.6) is 0 Å². The van der Waals surface area contributed by atoms with Crippen molar-refractivity contribution in [2.24, 2.45) is 0 Å². The number of benzene rings is 1. The molecule has 0 saturated heterocycles. The van der Waals surface area contributed by atoms with Gasteiger partial charge in [-0.1, -0.05) is 47.8 Å². The van der Waals surface area contributed by atoms with Gasteiger partial charge in [0.1, 0.15) is 17.7 Å². The predicted molar refractivity (Wildman–Crippen MR) is 93.0 cm³/mol. The SMILES string of the molecule is CSC1=C(SC)SC(=c2ccc(=C(C#N)C#N)cc2)S1. The van der Waals surface area contributed by atoms with Crippen LogP contribution in [-0.4, -0.2) is 12.5 Å². The fourth-order valence-corrected chi connectivity index (χ4v) is 6.56. The van der Waals surface area contributed by atoms with Gasteiger partial charge in [-0.3, -0.25) is 0 Å². The summed E-state index contributed by atoms with van der Waals surface area (Å²) >= 11 is 7.11. The molecule has 0 aromatic heterocycles. The maximum absolute atomic E-state index is 8.86. The average Bonchev–Trinajstić information content (AvgIpc) is 2.92. The first-order chi connectivity index (χ1) is 9.73. The van der Waals surface area contributed by atoms with Crippen LogP contribution in [0.4, 0.5) is 0 Å². The van der Waals surface area contributed by atoms with Crippen molar-refractivity contribution in [1.29, 1.82) is 10.5 Å². The summed E-state index contributed by atoms with van der Waals surface area (Å²) in [5.74, 6) is 0. The molecule has 0 radical (unpaired) electrons. The maximum atomic E-state index is 8.86. The molecular formula is C14H10N2S4. The lowest BCUT2D eigenvalue weighted by atomic mass is 10.2. The number of nitrogens with zero attached hydrogens (tertiary/aromatic N) is 2. The van der Waals surface area contributed by atoms with Gasteiger partial charge >= 0.3 is 0 Å². The highest BCUT2D eigenvalue weighted by molar-refractivity contribution is 8.45. The fraction of sp³-hybridized carbons (Fsp3) is 0.143. The Kier molecular flexibility index (Phi) is 5.56. The van der Waals surface area contributed by atoms with Crippen molar-refractivity contribution in [1.82, 2.24) is 0 Å². The standard InChI is InChI=1S/C14H10N2S4/c1-17-13-14(18-2)20-12(19-13)10-5-3-9(4-6-10)11(7-15)8-16/h3-6H,1-2H3. The highest BCUT2D eigenvalue weighted by Gasteiger charge is 2.20. The van der Waals surface area contributed by atoms with Crippen LogP contribution in [-0.2, 0) is 0 Å². The molecule has 0 amide bonds. The Morgan fingerprint density at radius 2 is 1.45 bits per heavy atom. The van der Waals surface area contributed by atoms with Crippen LogP contribution in [0.15, 0.2) is 32.7 Å². The Labute approximate surface area is 135 Å². The summed E-state index contributed by atoms with van der Waals surface area (Å²) in [7, 11) is 0. The summed E-state index contributed by atoms with van der Waals surface area (Å²) < 4.78 is 3.92. The van der Waals surface area contributed by atoms with Gasteiger partial charge in [0, 0.05) is 5.22 Å². The van der Waals surface area contributed by atoms with Crippen LogP contribution in [0.3, 0.4) is 0 Å². The normalized spacial score (nSPS) is 14.1. The highest BCUT2D eigenvalue weighted by atomic mass is 32.3. The Hall–Kier alpha value is -0.920. The van der Waals surface area contributed by atoms with Crippen LogP contribution < -0.4 is 10.4 Å². The molecule has 0 saturated carbocycles. The van der Waals surface area contributed by atoms with E-state index in [9.17, 15) is 0 Å². The molecule has 100 valence electrons. The first-order valence-electron chi connectivity index (χ1n) is 5.56. The topological polar surface area (TPSA) is 47.6 Å². The highest BCUT2D eigenvalue weighted by Crippen LogP contribution is 2.56. The minimum absolute atomic E-state index is 0.154. The summed E-state index contributed by atoms with van der Waals surface area (Å²) in [6.45, 7) is 0. The third-order valence-corrected chi connectivity index (χ3v) is 7.83. The number of hydrogen-bond donors (Lipinski definition) is 0. The third kappa shape index (κ3) is 3.21. The second-order valence-electron chi connectivity index (χ2n) is 3.65. The molecule has 1 aliphatic rings. The van der Waals surface area contributed by atoms with Crippen LogP contribution in [0.25, 0.3) is 9.81 Å². The monoisotopic (exact) mass is 334 g/mol. The lowest BCUT2D eigenvalue weighted by Gasteiger charge is -1.96. The van der Waals surface area contributed by atoms with Crippen molar-refractivity contribution in [3.8, 4) is 12.1 Å². The first-order valence-corrected chi connectivity index (χ1v) is 9.64. The minimum Gasteiger partial charge on any atom is -0.192 e. The number of rotatable bonds is 2. The van der Waals surface area contributed by atoms with Crippen molar-refractivity contribution in [2.45, 2.75) is 0 Å². The molecule has 0 aliphatic carbocycles. The zero-order valence-corrected chi connectivity index (χ0v) is 14.1. The van der Waals surface area contributed by atoms with E-state index in [0.29, 0.717) is 5.22 Å². The van der Waals surface area contributed by atoms with Gasteiger partial charge in [-0.15, -0.1) is 23.5 Å². The molecule has 0 bridgehead atoms. The maximum Gasteiger partial charge on any atom is 0.136 e. The molecule has 0 spiro atoms. The zero-order valence-electron chi connectivity index (χ0n) is 10.8. The van der Waals surface area contributed by atoms with E-state index in [1.165, 1.54) is 12.7 Å². The van der Waals surface area contributed by atoms with E-state index in [-0.39, 0.29) is 5.57 Å². The lowest BCUT2D eigenvalue weighted by molar-refractivity contribution is 1.48. The second kappa shape index (κ2) is 7.19. The van der Waals surface area contributed by atoms with E-state index >= 15 is 0 Å². The van der Waals surface area contributed by atoms with E-state index in [0.717, 1.165) is 5.22 Å². The Bertz CT molecular complexity index is 708. The van der Waals surface area contributed by atoms with Gasteiger partial charge in [0.2, 0.25) is 0 Å². The number of nitriles is 2. The van der Waals surface area contributed by atoms with Gasteiger partial charge < -0.3 is 0 Å². The summed E-state index contributed by atoms with van der Waals surface area (Å²) in [5.41, 5.74) is 0.154. The summed E-state index contributed by atoms with van der Waals surface area (Å²) in [6, 6.07) is 11.4. The number of hydrogen-bond acceptors (Lipinski definition) is 6. The molecule has 0 unspecified atom stereocenters. The molecule has 6 heteroatoms. The van der Waals surface area contributed by atoms with Crippen LogP contribution in [0.2, 0.25) is 0 Å². The van der Waals surface area contributed by atoms with Gasteiger partial charge in [0.15, 0.2) is 0 Å². The molecule has 1 heterocycles. The minimum atomic E-state index is 0.154. The van der Waals surface area contributed by atoms with Gasteiger partial charge in [-0.25, -0.2) is 0 Å². The quantitative estimate of drug-likeness (QED) is 0.827. The van der Waals surface area contributed by atoms with Crippen LogP contribution in [0, 0.1) is 22.7 Å². The molecule has 0 atom stereocenters. The number of thioether (sulfide) groups is 4. The average molecular weight is 335 g/mol. The molecule has 1 aromatic rings. The largest absolute Gasteiger partial charge is 0.192 e. The van der Waals surface area contributed by atoms with Crippen molar-refractivity contribution in [3.05, 3.63) is 43.2 Å². The van der Waals surface area contributed by atoms with E-state index < -0.39 is 0 Å². The summed E-state index contributed by atoms with van der Waals surface area (Å²) in [5, 5.41) is 19.5. The van der Waals surface area contributed by atoms with E-state index in [1.807, 2.05) is 36.4 Å². The predicted octanol–water partition coefficient (Wildman–Crippen LogP) is 3.28. The van der Waals surface area contributed by atoms with E-state index in [1.54, 1.807) is 47.0 Å². The Balaban J connectivity index is 2.44. The molecule has 2 rings (SSSR count). The van der Waals surface area contributed by atoms with E-state index in [4.69, 9.17) is 10.5 Å². The van der Waals surface area contributed by atoms with Gasteiger partial charge in [0.25, 0.3) is 0 Å². The third-order valence-electron chi connectivity index (χ3n) is 2.54. The molecule has 0 N–H and O–H groups in total. The zero-order chi connectivity index (χ0) is 14.5. The van der Waals surface area contributed by atoms with E-state index in [2.05, 4.69) is 12.5 Å². The molecule has 2 nitrogen and oxygen atoms in total. The molecule has 1 aliphatic heterocycles. The van der Waals surface area contributed by atoms with Crippen LogP contribution in [0.1, 0.15) is 0 Å². The van der Waals surface area contributed by atoms with Crippen molar-refractivity contribution >= 4 is 56.9 Å². The Morgan fingerprint density at radius 1 is 0.950 bits per heavy atom. The fourth-order valence-electron chi connectivity index (χ4n) is 1.57. The van der Waals surface area contributed by atoms with Crippen molar-refractivity contribution in [3.63, 3.8) is 0 Å². The van der Waals surface area contributed by atoms with Gasteiger partial charge in [-0.2, -0.15) is 10.5 Å². The molecule has 1 aromatic carbocycles. The second-order valence-corrected chi connectivity index (χ2v) is 8.10. The molecular weight excluding hydrogens is 324 g/mol. The first kappa shape index (κ1) is 15.5. The van der Waals surface area contributed by atoms with Gasteiger partial charge in [-0.05, 0) is 17.7 Å². The van der Waals surface area contributed by atoms with Crippen molar-refractivity contribution < 1.29 is 0 Å². The summed E-state index contributed by atoms with van der Waals surface area (Å²) in [4.78, 5) is 0. The Morgan fingerprint density at radius 3 is 1.85 bits per heavy atom. The summed E-state index contributed by atoms with van der Waals surface area (Å²) in [6.07, 6.45) is 4.18. The lowest BCUT2D eigenvalue weighted by Crippen LogP contribution is -2.10. The van der Waals surface area contributed by atoms with Crippen molar-refractivity contribution in [2.75, 3.05) is 12.5 Å². The van der Waals surface area contributed by atoms with Gasteiger partial charge in [0.05, 0.1) is 12.7 Å². The molecule has 0 fully saturated rings. The smallest absolute Gasteiger partial charge is 0.136 e. The van der Waals surface area contributed by atoms with Crippen LogP contribution >= 0.6 is 47.0 Å². The molecule has 20 heavy (non-hydrogen) atoms.